The molecule has 1 fully saturated rings. The summed E-state index contributed by atoms with van der Waals surface area (Å²) in [6.45, 7) is 2.37. The molecule has 2 N–H and O–H groups in total. The Morgan fingerprint density at radius 3 is 2.27 bits per heavy atom. The number of halogens is 2. The van der Waals surface area contributed by atoms with E-state index in [1.807, 2.05) is 0 Å². The van der Waals surface area contributed by atoms with Crippen LogP contribution in [0, 0.1) is 0 Å². The topological polar surface area (TPSA) is 29.3 Å². The van der Waals surface area contributed by atoms with Crippen molar-refractivity contribution in [3.63, 3.8) is 0 Å². The number of nitrogens with two attached hydrogens (primary N) is 1. The molecule has 1 rings (SSSR count). The Morgan fingerprint density at radius 1 is 1.27 bits per heavy atom. The van der Waals surface area contributed by atoms with Crippen molar-refractivity contribution < 1.29 is 0 Å². The number of rotatable bonds is 2. The number of hydrogen-bond acceptors (Lipinski definition) is 2. The molecule has 0 amide bonds. The Morgan fingerprint density at radius 2 is 1.82 bits per heavy atom. The first-order valence-corrected chi connectivity index (χ1v) is 5.02. The van der Waals surface area contributed by atoms with Crippen molar-refractivity contribution in [2.24, 2.45) is 5.73 Å². The second-order valence-electron chi connectivity index (χ2n) is 2.82. The molecule has 11 heavy (non-hydrogen) atoms. The molecule has 68 valence electrons. The highest BCUT2D eigenvalue weighted by molar-refractivity contribution is 9.09. The molecule has 1 atom stereocenters. The smallest absolute Gasteiger partial charge is 0.0671 e. The summed E-state index contributed by atoms with van der Waals surface area (Å²) in [5.41, 5.74) is 5.83. The molecule has 4 heteroatoms. The molecule has 2 nitrogen and oxygen atoms in total. The number of nitrogens with zero attached hydrogens (tertiary/aromatic N) is 1. The van der Waals surface area contributed by atoms with Gasteiger partial charge < -0.3 is 5.73 Å². The van der Waals surface area contributed by atoms with Crippen LogP contribution in [0.25, 0.3) is 0 Å². The third kappa shape index (κ3) is 3.87. The van der Waals surface area contributed by atoms with Crippen LogP contribution in [0.3, 0.4) is 0 Å². The van der Waals surface area contributed by atoms with Crippen LogP contribution in [0.5, 0.6) is 0 Å². The highest BCUT2D eigenvalue weighted by Crippen LogP contribution is 2.10. The van der Waals surface area contributed by atoms with Crippen LogP contribution in [0.15, 0.2) is 0 Å². The van der Waals surface area contributed by atoms with E-state index in [9.17, 15) is 0 Å². The molecule has 0 radical (unpaired) electrons. The number of likely N-dealkylation sites (tertiary alicyclic amines) is 1. The van der Waals surface area contributed by atoms with Crippen molar-refractivity contribution >= 4 is 32.9 Å². The Kier molecular flexibility index (Phi) is 6.91. The fourth-order valence-electron chi connectivity index (χ4n) is 1.35. The molecule has 0 aromatic rings. The molecule has 0 aliphatic carbocycles. The Hall–Kier alpha value is 0.880. The van der Waals surface area contributed by atoms with E-state index in [-0.39, 0.29) is 23.1 Å². The lowest BCUT2D eigenvalue weighted by Crippen LogP contribution is -2.45. The molecule has 1 unspecified atom stereocenters. The van der Waals surface area contributed by atoms with Crippen molar-refractivity contribution in [1.29, 1.82) is 0 Å². The third-order valence-electron chi connectivity index (χ3n) is 2.02. The molecule has 1 aliphatic heterocycles. The lowest BCUT2D eigenvalue weighted by molar-refractivity contribution is 0.181. The van der Waals surface area contributed by atoms with Crippen molar-refractivity contribution in [3.05, 3.63) is 0 Å². The minimum absolute atomic E-state index is 0. The highest BCUT2D eigenvalue weighted by atomic mass is 79.9. The largest absolute Gasteiger partial charge is 0.315 e. The summed E-state index contributed by atoms with van der Waals surface area (Å²) in [7, 11) is 0. The van der Waals surface area contributed by atoms with E-state index in [2.05, 4.69) is 20.8 Å². The minimum Gasteiger partial charge on any atom is -0.315 e. The molecule has 0 saturated carbocycles. The van der Waals surface area contributed by atoms with Gasteiger partial charge in [-0.3, -0.25) is 4.90 Å². The summed E-state index contributed by atoms with van der Waals surface area (Å²) in [6, 6.07) is 0. The molecule has 1 aliphatic rings. The molecule has 0 spiro atoms. The second kappa shape index (κ2) is 6.40. The van der Waals surface area contributed by atoms with Gasteiger partial charge in [0.15, 0.2) is 0 Å². The lowest BCUT2D eigenvalue weighted by Gasteiger charge is -2.30. The minimum atomic E-state index is 0. The molecule has 1 saturated heterocycles. The first-order chi connectivity index (χ1) is 4.84. The number of hydrogen-bond donors (Lipinski definition) is 1. The van der Waals surface area contributed by atoms with Gasteiger partial charge in [0.05, 0.1) is 6.17 Å². The van der Waals surface area contributed by atoms with Crippen molar-refractivity contribution in [1.82, 2.24) is 4.90 Å². The predicted octanol–water partition coefficient (Wildman–Crippen LogP) is 1.73. The van der Waals surface area contributed by atoms with E-state index in [1.54, 1.807) is 0 Å². The molecule has 1 heterocycles. The van der Waals surface area contributed by atoms with Crippen LogP contribution in [-0.2, 0) is 0 Å². The van der Waals surface area contributed by atoms with Crippen LogP contribution in [0.4, 0.5) is 0 Å². The predicted molar refractivity (Wildman–Crippen MR) is 57.5 cm³/mol. The monoisotopic (exact) mass is 286 g/mol. The van der Waals surface area contributed by atoms with E-state index in [0.29, 0.717) is 0 Å². The van der Waals surface area contributed by atoms with Gasteiger partial charge in [-0.25, -0.2) is 0 Å². The summed E-state index contributed by atoms with van der Waals surface area (Å²) in [4.78, 5) is 2.35. The van der Waals surface area contributed by atoms with Gasteiger partial charge in [-0.15, -0.1) is 17.0 Å². The number of piperidine rings is 1. The van der Waals surface area contributed by atoms with Crippen LogP contribution in [-0.4, -0.2) is 29.5 Å². The van der Waals surface area contributed by atoms with Gasteiger partial charge in [-0.05, 0) is 25.9 Å². The Balaban J connectivity index is 0.000001000. The maximum atomic E-state index is 5.83. The van der Waals surface area contributed by atoms with Crippen LogP contribution in [0.2, 0.25) is 0 Å². The molecule has 0 bridgehead atoms. The third-order valence-corrected chi connectivity index (χ3v) is 2.68. The Bertz CT molecular complexity index is 94.4. The zero-order chi connectivity index (χ0) is 7.40. The standard InChI is InChI=1S/C7H15BrN2.BrH/c8-6-7(9)10-4-2-1-3-5-10;/h7H,1-6,9H2;1H. The van der Waals surface area contributed by atoms with Crippen LogP contribution >= 0.6 is 32.9 Å². The molecular weight excluding hydrogens is 272 g/mol. The first kappa shape index (κ1) is 11.9. The summed E-state index contributed by atoms with van der Waals surface area (Å²) in [5, 5.41) is 0.896. The average molecular weight is 288 g/mol. The molecule has 0 aromatic heterocycles. The van der Waals surface area contributed by atoms with Gasteiger partial charge in [-0.2, -0.15) is 0 Å². The maximum Gasteiger partial charge on any atom is 0.0671 e. The van der Waals surface area contributed by atoms with Crippen LogP contribution in [0.1, 0.15) is 19.3 Å². The lowest BCUT2D eigenvalue weighted by atomic mass is 10.1. The van der Waals surface area contributed by atoms with E-state index < -0.39 is 0 Å². The van der Waals surface area contributed by atoms with E-state index >= 15 is 0 Å². The van der Waals surface area contributed by atoms with E-state index in [1.165, 1.54) is 32.4 Å². The zero-order valence-corrected chi connectivity index (χ0v) is 9.93. The second-order valence-corrected chi connectivity index (χ2v) is 3.47. The van der Waals surface area contributed by atoms with Crippen molar-refractivity contribution in [2.75, 3.05) is 18.4 Å². The van der Waals surface area contributed by atoms with E-state index in [0.717, 1.165) is 5.33 Å². The van der Waals surface area contributed by atoms with E-state index in [4.69, 9.17) is 5.73 Å². The fraction of sp³-hybridized carbons (Fsp3) is 1.00. The highest BCUT2D eigenvalue weighted by Gasteiger charge is 2.14. The maximum absolute atomic E-state index is 5.83. The van der Waals surface area contributed by atoms with Crippen molar-refractivity contribution in [3.8, 4) is 0 Å². The zero-order valence-electron chi connectivity index (χ0n) is 6.63. The van der Waals surface area contributed by atoms with Gasteiger partial charge in [0, 0.05) is 5.33 Å². The Labute approximate surface area is 87.4 Å². The first-order valence-electron chi connectivity index (χ1n) is 3.90. The summed E-state index contributed by atoms with van der Waals surface area (Å²) < 4.78 is 0. The van der Waals surface area contributed by atoms with Gasteiger partial charge in [-0.1, -0.05) is 22.4 Å². The number of alkyl halides is 1. The normalized spacial score (nSPS) is 22.4. The average Bonchev–Trinajstić information content (AvgIpc) is 2.05. The quantitative estimate of drug-likeness (QED) is 0.784. The SMILES string of the molecule is Br.NC(CBr)N1CCCCC1. The van der Waals surface area contributed by atoms with Crippen LogP contribution < -0.4 is 5.73 Å². The molecular formula is C7H16Br2N2. The summed E-state index contributed by atoms with van der Waals surface area (Å²) in [5.74, 6) is 0. The van der Waals surface area contributed by atoms with Crippen molar-refractivity contribution in [2.45, 2.75) is 25.4 Å². The van der Waals surface area contributed by atoms with Gasteiger partial charge in [0.1, 0.15) is 0 Å². The van der Waals surface area contributed by atoms with Gasteiger partial charge in [0.25, 0.3) is 0 Å². The fourth-order valence-corrected chi connectivity index (χ4v) is 1.76. The molecule has 0 aromatic carbocycles. The van der Waals surface area contributed by atoms with Gasteiger partial charge in [0.2, 0.25) is 0 Å². The summed E-state index contributed by atoms with van der Waals surface area (Å²) >= 11 is 3.38. The summed E-state index contributed by atoms with van der Waals surface area (Å²) in [6.07, 6.45) is 4.26. The van der Waals surface area contributed by atoms with Gasteiger partial charge >= 0.3 is 0 Å².